The Morgan fingerprint density at radius 3 is 2.80 bits per heavy atom. The first kappa shape index (κ1) is 14.7. The molecule has 106 valence electrons. The maximum absolute atomic E-state index is 11.9. The van der Waals surface area contributed by atoms with Gasteiger partial charge in [0, 0.05) is 11.8 Å². The fourth-order valence-electron chi connectivity index (χ4n) is 1.56. The van der Waals surface area contributed by atoms with Gasteiger partial charge in [0.2, 0.25) is 0 Å². The Balaban J connectivity index is 2.02. The molecule has 0 bridgehead atoms. The van der Waals surface area contributed by atoms with Gasteiger partial charge in [-0.2, -0.15) is 0 Å². The van der Waals surface area contributed by atoms with Crippen LogP contribution in [0.2, 0.25) is 0 Å². The molecule has 1 N–H and O–H groups in total. The van der Waals surface area contributed by atoms with E-state index in [4.69, 9.17) is 9.15 Å². The molecule has 0 atom stereocenters. The Labute approximate surface area is 126 Å². The van der Waals surface area contributed by atoms with Crippen molar-refractivity contribution in [1.29, 1.82) is 0 Å². The van der Waals surface area contributed by atoms with Gasteiger partial charge in [0.25, 0.3) is 5.91 Å². The lowest BCUT2D eigenvalue weighted by atomic mass is 10.2. The molecule has 0 aliphatic carbocycles. The first-order valence-electron chi connectivity index (χ1n) is 6.34. The summed E-state index contributed by atoms with van der Waals surface area (Å²) in [6, 6.07) is 10.6. The summed E-state index contributed by atoms with van der Waals surface area (Å²) in [6.45, 7) is 4.81. The molecule has 0 radical (unpaired) electrons. The summed E-state index contributed by atoms with van der Waals surface area (Å²) in [4.78, 5) is 11.9. The van der Waals surface area contributed by atoms with Crippen LogP contribution < -0.4 is 10.1 Å². The quantitative estimate of drug-likeness (QED) is 0.883. The normalized spacial score (nSPS) is 10.6. The maximum Gasteiger partial charge on any atom is 0.291 e. The van der Waals surface area contributed by atoms with E-state index >= 15 is 0 Å². The van der Waals surface area contributed by atoms with Crippen molar-refractivity contribution in [2.45, 2.75) is 13.8 Å². The number of carbonyl (C=O) groups excluding carboxylic acids is 1. The summed E-state index contributed by atoms with van der Waals surface area (Å²) in [7, 11) is 0. The molecular formula is C15H16BrNO3. The summed E-state index contributed by atoms with van der Waals surface area (Å²) in [6.07, 6.45) is 0. The van der Waals surface area contributed by atoms with Crippen molar-refractivity contribution in [3.63, 3.8) is 0 Å². The zero-order chi connectivity index (χ0) is 14.5. The van der Waals surface area contributed by atoms with Crippen molar-refractivity contribution in [3.05, 3.63) is 46.8 Å². The third-order valence-corrected chi connectivity index (χ3v) is 2.90. The summed E-state index contributed by atoms with van der Waals surface area (Å²) in [5, 5.41) is 2.77. The van der Waals surface area contributed by atoms with Crippen LogP contribution in [-0.2, 0) is 0 Å². The highest BCUT2D eigenvalue weighted by Crippen LogP contribution is 2.20. The van der Waals surface area contributed by atoms with E-state index in [1.807, 2.05) is 12.1 Å². The molecule has 0 unspecified atom stereocenters. The molecule has 0 saturated heterocycles. The van der Waals surface area contributed by atoms with E-state index < -0.39 is 0 Å². The molecule has 5 heteroatoms. The number of anilines is 1. The van der Waals surface area contributed by atoms with E-state index in [-0.39, 0.29) is 11.7 Å². The number of ether oxygens (including phenoxy) is 1. The largest absolute Gasteiger partial charge is 0.493 e. The molecule has 0 saturated carbocycles. The van der Waals surface area contributed by atoms with Gasteiger partial charge in [0.05, 0.1) is 6.61 Å². The van der Waals surface area contributed by atoms with E-state index in [0.29, 0.717) is 22.9 Å². The summed E-state index contributed by atoms with van der Waals surface area (Å²) in [5.41, 5.74) is 0.670. The van der Waals surface area contributed by atoms with E-state index in [9.17, 15) is 4.79 Å². The third kappa shape index (κ3) is 4.13. The minimum atomic E-state index is -0.295. The minimum Gasteiger partial charge on any atom is -0.493 e. The standard InChI is InChI=1S/C15H16BrNO3/c1-10(2)9-19-12-5-3-4-11(8-12)17-15(18)13-6-7-14(16)20-13/h3-8,10H,9H2,1-2H3,(H,17,18). The van der Waals surface area contributed by atoms with Crippen LogP contribution in [0.25, 0.3) is 0 Å². The molecule has 1 amide bonds. The lowest BCUT2D eigenvalue weighted by Crippen LogP contribution is -2.11. The van der Waals surface area contributed by atoms with E-state index in [2.05, 4.69) is 35.1 Å². The van der Waals surface area contributed by atoms with Crippen molar-refractivity contribution < 1.29 is 13.9 Å². The van der Waals surface area contributed by atoms with E-state index in [0.717, 1.165) is 5.75 Å². The number of rotatable bonds is 5. The molecule has 1 aromatic carbocycles. The van der Waals surface area contributed by atoms with Crippen LogP contribution in [0, 0.1) is 5.92 Å². The molecule has 0 spiro atoms. The second-order valence-electron chi connectivity index (χ2n) is 4.79. The monoisotopic (exact) mass is 337 g/mol. The van der Waals surface area contributed by atoms with E-state index in [1.165, 1.54) is 0 Å². The average Bonchev–Trinajstić information content (AvgIpc) is 2.84. The number of furan rings is 1. The van der Waals surface area contributed by atoms with Gasteiger partial charge in [-0.05, 0) is 46.1 Å². The van der Waals surface area contributed by atoms with Gasteiger partial charge >= 0.3 is 0 Å². The summed E-state index contributed by atoms with van der Waals surface area (Å²) < 4.78 is 11.3. The van der Waals surface area contributed by atoms with Gasteiger partial charge in [-0.1, -0.05) is 19.9 Å². The maximum atomic E-state index is 11.9. The Kier molecular flexibility index (Phi) is 4.84. The average molecular weight is 338 g/mol. The van der Waals surface area contributed by atoms with Gasteiger partial charge < -0.3 is 14.5 Å². The highest BCUT2D eigenvalue weighted by Gasteiger charge is 2.11. The van der Waals surface area contributed by atoms with E-state index in [1.54, 1.807) is 24.3 Å². The SMILES string of the molecule is CC(C)COc1cccc(NC(=O)c2ccc(Br)o2)c1. The van der Waals surface area contributed by atoms with Crippen LogP contribution in [0.4, 0.5) is 5.69 Å². The second kappa shape index (κ2) is 6.61. The van der Waals surface area contributed by atoms with Gasteiger partial charge in [0.15, 0.2) is 10.4 Å². The third-order valence-electron chi connectivity index (χ3n) is 2.47. The number of halogens is 1. The molecule has 20 heavy (non-hydrogen) atoms. The van der Waals surface area contributed by atoms with Gasteiger partial charge in [-0.25, -0.2) is 0 Å². The number of amides is 1. The molecule has 4 nitrogen and oxygen atoms in total. The lowest BCUT2D eigenvalue weighted by Gasteiger charge is -2.10. The zero-order valence-corrected chi connectivity index (χ0v) is 12.9. The smallest absolute Gasteiger partial charge is 0.291 e. The molecule has 2 aromatic rings. The number of hydrogen-bond acceptors (Lipinski definition) is 3. The molecule has 0 fully saturated rings. The Bertz CT molecular complexity index is 592. The van der Waals surface area contributed by atoms with Crippen molar-refractivity contribution >= 4 is 27.5 Å². The first-order valence-corrected chi connectivity index (χ1v) is 7.13. The fraction of sp³-hybridized carbons (Fsp3) is 0.267. The van der Waals surface area contributed by atoms with Crippen LogP contribution in [0.15, 0.2) is 45.5 Å². The fourth-order valence-corrected chi connectivity index (χ4v) is 1.86. The second-order valence-corrected chi connectivity index (χ2v) is 5.57. The summed E-state index contributed by atoms with van der Waals surface area (Å²) >= 11 is 3.16. The molecule has 0 aliphatic heterocycles. The molecule has 1 aromatic heterocycles. The van der Waals surface area contributed by atoms with Gasteiger partial charge in [-0.15, -0.1) is 0 Å². The Morgan fingerprint density at radius 1 is 1.35 bits per heavy atom. The number of nitrogens with one attached hydrogen (secondary N) is 1. The van der Waals surface area contributed by atoms with Crippen LogP contribution in [0.3, 0.4) is 0 Å². The lowest BCUT2D eigenvalue weighted by molar-refractivity contribution is 0.0995. The van der Waals surface area contributed by atoms with Crippen molar-refractivity contribution in [2.75, 3.05) is 11.9 Å². The number of benzene rings is 1. The predicted octanol–water partition coefficient (Wildman–Crippen LogP) is 4.33. The zero-order valence-electron chi connectivity index (χ0n) is 11.4. The van der Waals surface area contributed by atoms with Crippen molar-refractivity contribution in [1.82, 2.24) is 0 Å². The predicted molar refractivity (Wildman–Crippen MR) is 81.1 cm³/mol. The molecule has 0 aliphatic rings. The highest BCUT2D eigenvalue weighted by atomic mass is 79.9. The molecular weight excluding hydrogens is 322 g/mol. The van der Waals surface area contributed by atoms with Crippen LogP contribution in [0.5, 0.6) is 5.75 Å². The number of hydrogen-bond donors (Lipinski definition) is 1. The Morgan fingerprint density at radius 2 is 2.15 bits per heavy atom. The van der Waals surface area contributed by atoms with Crippen LogP contribution in [0.1, 0.15) is 24.4 Å². The topological polar surface area (TPSA) is 51.5 Å². The Hall–Kier alpha value is -1.75. The van der Waals surface area contributed by atoms with Crippen LogP contribution in [-0.4, -0.2) is 12.5 Å². The minimum absolute atomic E-state index is 0.255. The van der Waals surface area contributed by atoms with Gasteiger partial charge in [-0.3, -0.25) is 4.79 Å². The summed E-state index contributed by atoms with van der Waals surface area (Å²) in [5.74, 6) is 1.15. The van der Waals surface area contributed by atoms with Gasteiger partial charge in [0.1, 0.15) is 5.75 Å². The van der Waals surface area contributed by atoms with Crippen LogP contribution >= 0.6 is 15.9 Å². The first-order chi connectivity index (χ1) is 9.54. The highest BCUT2D eigenvalue weighted by molar-refractivity contribution is 9.10. The molecule has 1 heterocycles. The van der Waals surface area contributed by atoms with Crippen molar-refractivity contribution in [2.24, 2.45) is 5.92 Å². The van der Waals surface area contributed by atoms with Crippen molar-refractivity contribution in [3.8, 4) is 5.75 Å². The molecule has 2 rings (SSSR count). The number of carbonyl (C=O) groups is 1.